The van der Waals surface area contributed by atoms with E-state index in [0.717, 1.165) is 47.5 Å². The summed E-state index contributed by atoms with van der Waals surface area (Å²) in [5.41, 5.74) is 9.81. The maximum absolute atomic E-state index is 12.4. The minimum Gasteiger partial charge on any atom is -0.494 e. The molecule has 8 nitrogen and oxygen atoms in total. The van der Waals surface area contributed by atoms with Gasteiger partial charge in [0.25, 0.3) is 0 Å². The van der Waals surface area contributed by atoms with E-state index in [2.05, 4.69) is 23.8 Å². The predicted octanol–water partition coefficient (Wildman–Crippen LogP) is 4.04. The Morgan fingerprint density at radius 3 is 2.22 bits per heavy atom. The van der Waals surface area contributed by atoms with Gasteiger partial charge in [-0.25, -0.2) is 9.97 Å². The zero-order valence-corrected chi connectivity index (χ0v) is 21.3. The molecule has 0 bridgehead atoms. The summed E-state index contributed by atoms with van der Waals surface area (Å²) in [6.07, 6.45) is 6.20. The highest BCUT2D eigenvalue weighted by atomic mass is 16.5. The van der Waals surface area contributed by atoms with Gasteiger partial charge in [0.05, 0.1) is 18.6 Å². The molecule has 1 aliphatic heterocycles. The highest BCUT2D eigenvalue weighted by molar-refractivity contribution is 5.85. The average Bonchev–Trinajstić information content (AvgIpc) is 2.86. The van der Waals surface area contributed by atoms with Crippen LogP contribution < -0.4 is 10.5 Å². The number of hydrogen-bond acceptors (Lipinski definition) is 6. The quantitative estimate of drug-likeness (QED) is 0.380. The first-order valence-electron chi connectivity index (χ1n) is 12.7. The van der Waals surface area contributed by atoms with Crippen LogP contribution in [0.25, 0.3) is 22.5 Å². The summed E-state index contributed by atoms with van der Waals surface area (Å²) in [5.74, 6) is 0.583. The molecule has 3 N–H and O–H groups in total. The van der Waals surface area contributed by atoms with Gasteiger partial charge in [-0.15, -0.1) is 0 Å². The zero-order valence-electron chi connectivity index (χ0n) is 21.3. The van der Waals surface area contributed by atoms with Crippen LogP contribution in [0.5, 0.6) is 5.75 Å². The number of carbonyl (C=O) groups is 2. The molecule has 1 aromatic heterocycles. The van der Waals surface area contributed by atoms with Crippen molar-refractivity contribution < 1.29 is 19.4 Å². The van der Waals surface area contributed by atoms with Crippen molar-refractivity contribution in [1.82, 2.24) is 14.9 Å². The van der Waals surface area contributed by atoms with Crippen molar-refractivity contribution in [3.8, 4) is 28.3 Å². The SMILES string of the molecule is CC(C)CCCOc1ccc(-c2cnc(-c3ccc(CC(N)C(=O)N4CC(C(=O)O)C4)cc3)nc2)cc1. The van der Waals surface area contributed by atoms with Crippen LogP contribution in [-0.2, 0) is 16.0 Å². The van der Waals surface area contributed by atoms with Gasteiger partial charge in [-0.3, -0.25) is 9.59 Å². The van der Waals surface area contributed by atoms with Gasteiger partial charge in [0.15, 0.2) is 5.82 Å². The molecular formula is C29H34N4O4. The highest BCUT2D eigenvalue weighted by Gasteiger charge is 2.37. The number of rotatable bonds is 11. The lowest BCUT2D eigenvalue weighted by Crippen LogP contribution is -2.57. The lowest BCUT2D eigenvalue weighted by Gasteiger charge is -2.38. The second-order valence-corrected chi connectivity index (χ2v) is 9.99. The number of hydrogen-bond donors (Lipinski definition) is 2. The molecule has 0 aliphatic carbocycles. The number of amides is 1. The van der Waals surface area contributed by atoms with E-state index < -0.39 is 17.9 Å². The number of ether oxygens (including phenoxy) is 1. The fraction of sp³-hybridized carbons (Fsp3) is 0.379. The van der Waals surface area contributed by atoms with Crippen LogP contribution in [0.1, 0.15) is 32.3 Å². The molecule has 1 fully saturated rings. The van der Waals surface area contributed by atoms with Crippen molar-refractivity contribution in [3.63, 3.8) is 0 Å². The summed E-state index contributed by atoms with van der Waals surface area (Å²) >= 11 is 0. The first kappa shape index (κ1) is 26.3. The second kappa shape index (κ2) is 12.0. The van der Waals surface area contributed by atoms with Crippen molar-refractivity contribution in [3.05, 3.63) is 66.5 Å². The minimum atomic E-state index is -0.876. The fourth-order valence-electron chi connectivity index (χ4n) is 4.23. The largest absolute Gasteiger partial charge is 0.494 e. The molecule has 1 amide bonds. The maximum Gasteiger partial charge on any atom is 0.310 e. The Labute approximate surface area is 217 Å². The second-order valence-electron chi connectivity index (χ2n) is 9.99. The third-order valence-electron chi connectivity index (χ3n) is 6.56. The van der Waals surface area contributed by atoms with Gasteiger partial charge in [0.2, 0.25) is 5.91 Å². The summed E-state index contributed by atoms with van der Waals surface area (Å²) < 4.78 is 5.82. The third kappa shape index (κ3) is 6.92. The molecule has 2 heterocycles. The smallest absolute Gasteiger partial charge is 0.310 e. The van der Waals surface area contributed by atoms with Crippen LogP contribution in [0.3, 0.4) is 0 Å². The lowest BCUT2D eigenvalue weighted by molar-refractivity contribution is -0.153. The Hall–Kier alpha value is -3.78. The number of carbonyl (C=O) groups excluding carboxylic acids is 1. The van der Waals surface area contributed by atoms with Crippen molar-refractivity contribution in [2.24, 2.45) is 17.6 Å². The zero-order chi connectivity index (χ0) is 26.4. The van der Waals surface area contributed by atoms with E-state index in [1.54, 1.807) is 12.4 Å². The molecule has 1 aliphatic rings. The van der Waals surface area contributed by atoms with Gasteiger partial charge in [0, 0.05) is 36.6 Å². The number of aliphatic carboxylic acids is 1. The van der Waals surface area contributed by atoms with Crippen LogP contribution in [0.15, 0.2) is 60.9 Å². The number of carboxylic acids is 1. The minimum absolute atomic E-state index is 0.216. The molecular weight excluding hydrogens is 468 g/mol. The molecule has 1 saturated heterocycles. The third-order valence-corrected chi connectivity index (χ3v) is 6.56. The predicted molar refractivity (Wildman–Crippen MR) is 142 cm³/mol. The van der Waals surface area contributed by atoms with Gasteiger partial charge in [-0.05, 0) is 48.4 Å². The number of nitrogens with zero attached hydrogens (tertiary/aromatic N) is 3. The van der Waals surface area contributed by atoms with Crippen molar-refractivity contribution >= 4 is 11.9 Å². The van der Waals surface area contributed by atoms with Crippen LogP contribution in [-0.4, -0.2) is 57.6 Å². The summed E-state index contributed by atoms with van der Waals surface area (Å²) in [4.78, 5) is 33.9. The molecule has 1 atom stereocenters. The molecule has 0 spiro atoms. The molecule has 1 unspecified atom stereocenters. The number of carboxylic acid groups (broad SMARTS) is 1. The summed E-state index contributed by atoms with van der Waals surface area (Å²) in [6.45, 7) is 5.61. The lowest BCUT2D eigenvalue weighted by atomic mass is 9.97. The van der Waals surface area contributed by atoms with Crippen molar-refractivity contribution in [2.45, 2.75) is 39.2 Å². The topological polar surface area (TPSA) is 119 Å². The van der Waals surface area contributed by atoms with Crippen LogP contribution >= 0.6 is 0 Å². The van der Waals surface area contributed by atoms with Crippen molar-refractivity contribution in [2.75, 3.05) is 19.7 Å². The van der Waals surface area contributed by atoms with E-state index in [9.17, 15) is 9.59 Å². The summed E-state index contributed by atoms with van der Waals surface area (Å²) in [7, 11) is 0. The van der Waals surface area contributed by atoms with E-state index in [1.807, 2.05) is 48.5 Å². The van der Waals surface area contributed by atoms with E-state index in [4.69, 9.17) is 15.6 Å². The van der Waals surface area contributed by atoms with E-state index >= 15 is 0 Å². The Balaban J connectivity index is 1.30. The first-order chi connectivity index (χ1) is 17.8. The molecule has 37 heavy (non-hydrogen) atoms. The van der Waals surface area contributed by atoms with E-state index in [0.29, 0.717) is 18.2 Å². The van der Waals surface area contributed by atoms with Gasteiger partial charge in [0.1, 0.15) is 5.75 Å². The Morgan fingerprint density at radius 1 is 1.00 bits per heavy atom. The Morgan fingerprint density at radius 2 is 1.62 bits per heavy atom. The number of aromatic nitrogens is 2. The monoisotopic (exact) mass is 502 g/mol. The normalized spacial score (nSPS) is 14.3. The standard InChI is InChI=1S/C29H34N4O4/c1-19(2)4-3-13-37-25-11-9-21(10-12-25)23-15-31-27(32-16-23)22-7-5-20(6-8-22)14-26(30)28(34)33-17-24(18-33)29(35)36/h5-12,15-16,19,24,26H,3-4,13-14,17-18,30H2,1-2H3,(H,35,36). The van der Waals surface area contributed by atoms with Gasteiger partial charge in [-0.2, -0.15) is 0 Å². The van der Waals surface area contributed by atoms with E-state index in [-0.39, 0.29) is 19.0 Å². The van der Waals surface area contributed by atoms with Crippen LogP contribution in [0.4, 0.5) is 0 Å². The maximum atomic E-state index is 12.4. The molecule has 4 rings (SSSR count). The molecule has 0 radical (unpaired) electrons. The van der Waals surface area contributed by atoms with E-state index in [1.165, 1.54) is 4.90 Å². The average molecular weight is 503 g/mol. The Bertz CT molecular complexity index is 1190. The number of nitrogens with two attached hydrogens (primary N) is 1. The van der Waals surface area contributed by atoms with Crippen LogP contribution in [0, 0.1) is 11.8 Å². The number of benzene rings is 2. The summed E-state index contributed by atoms with van der Waals surface area (Å²) in [5, 5.41) is 8.97. The van der Waals surface area contributed by atoms with Crippen LogP contribution in [0.2, 0.25) is 0 Å². The molecule has 194 valence electrons. The first-order valence-corrected chi connectivity index (χ1v) is 12.7. The summed E-state index contributed by atoms with van der Waals surface area (Å²) in [6, 6.07) is 14.9. The van der Waals surface area contributed by atoms with Gasteiger partial charge >= 0.3 is 5.97 Å². The molecule has 2 aromatic carbocycles. The van der Waals surface area contributed by atoms with Gasteiger partial charge < -0.3 is 20.5 Å². The highest BCUT2D eigenvalue weighted by Crippen LogP contribution is 2.24. The fourth-order valence-corrected chi connectivity index (χ4v) is 4.23. The van der Waals surface area contributed by atoms with Crippen molar-refractivity contribution in [1.29, 1.82) is 0 Å². The molecule has 0 saturated carbocycles. The molecule has 3 aromatic rings. The number of likely N-dealkylation sites (tertiary alicyclic amines) is 1. The van der Waals surface area contributed by atoms with Gasteiger partial charge in [-0.1, -0.05) is 50.2 Å². The molecule has 8 heteroatoms. The Kier molecular flexibility index (Phi) is 8.50.